The summed E-state index contributed by atoms with van der Waals surface area (Å²) in [5.41, 5.74) is 5.61. The van der Waals surface area contributed by atoms with Crippen molar-refractivity contribution in [3.63, 3.8) is 0 Å². The van der Waals surface area contributed by atoms with E-state index in [0.29, 0.717) is 10.9 Å². The number of nitrogens with zero attached hydrogens (tertiary/aromatic N) is 1. The van der Waals surface area contributed by atoms with Crippen molar-refractivity contribution in [3.05, 3.63) is 0 Å². The molecule has 15 heavy (non-hydrogen) atoms. The second-order valence-corrected chi connectivity index (χ2v) is 4.47. The Morgan fingerprint density at radius 3 is 2.47 bits per heavy atom. The number of piperidine rings is 1. The molecule has 4 nitrogen and oxygen atoms in total. The highest BCUT2D eigenvalue weighted by Crippen LogP contribution is 2.19. The number of carbonyl (C=O) groups excluding carboxylic acids is 1. The van der Waals surface area contributed by atoms with Crippen LogP contribution < -0.4 is 11.1 Å². The smallest absolute Gasteiger partial charge is 0.236 e. The van der Waals surface area contributed by atoms with Crippen LogP contribution in [0.25, 0.3) is 0 Å². The summed E-state index contributed by atoms with van der Waals surface area (Å²) in [6, 6.07) is -0.0534. The fourth-order valence-electron chi connectivity index (χ4n) is 1.95. The van der Waals surface area contributed by atoms with Gasteiger partial charge in [-0.05, 0) is 32.9 Å². The number of thiocarbonyl (C=S) groups is 1. The molecular weight excluding hydrogens is 210 g/mol. The Balaban J connectivity index is 2.43. The van der Waals surface area contributed by atoms with Gasteiger partial charge in [-0.1, -0.05) is 12.2 Å². The summed E-state index contributed by atoms with van der Waals surface area (Å²) < 4.78 is 0. The average molecular weight is 229 g/mol. The Hall–Kier alpha value is -0.680. The van der Waals surface area contributed by atoms with Gasteiger partial charge < -0.3 is 11.1 Å². The van der Waals surface area contributed by atoms with Crippen LogP contribution in [-0.4, -0.2) is 42.0 Å². The van der Waals surface area contributed by atoms with Crippen LogP contribution in [0, 0.1) is 5.92 Å². The zero-order chi connectivity index (χ0) is 11.4. The first kappa shape index (κ1) is 12.4. The molecule has 1 unspecified atom stereocenters. The van der Waals surface area contributed by atoms with Gasteiger partial charge in [0.2, 0.25) is 5.91 Å². The second-order valence-electron chi connectivity index (χ2n) is 4.00. The van der Waals surface area contributed by atoms with Gasteiger partial charge in [0.25, 0.3) is 0 Å². The highest BCUT2D eigenvalue weighted by molar-refractivity contribution is 7.80. The highest BCUT2D eigenvalue weighted by Gasteiger charge is 2.26. The Labute approximate surface area is 96.2 Å². The lowest BCUT2D eigenvalue weighted by molar-refractivity contribution is -0.125. The molecule has 0 aliphatic carbocycles. The van der Waals surface area contributed by atoms with E-state index in [1.165, 1.54) is 0 Å². The van der Waals surface area contributed by atoms with Crippen LogP contribution >= 0.6 is 12.2 Å². The summed E-state index contributed by atoms with van der Waals surface area (Å²) in [4.78, 5) is 14.2. The first-order valence-electron chi connectivity index (χ1n) is 5.31. The zero-order valence-corrected chi connectivity index (χ0v) is 10.1. The molecule has 0 saturated carbocycles. The molecule has 0 radical (unpaired) electrons. The molecule has 0 aromatic heterocycles. The average Bonchev–Trinajstić information content (AvgIpc) is 2.27. The van der Waals surface area contributed by atoms with Gasteiger partial charge in [-0.2, -0.15) is 0 Å². The largest absolute Gasteiger partial charge is 0.393 e. The summed E-state index contributed by atoms with van der Waals surface area (Å²) in [7, 11) is 1.67. The van der Waals surface area contributed by atoms with Crippen LogP contribution in [0.2, 0.25) is 0 Å². The highest BCUT2D eigenvalue weighted by atomic mass is 32.1. The van der Waals surface area contributed by atoms with E-state index in [1.807, 2.05) is 6.92 Å². The normalized spacial score (nSPS) is 20.9. The first-order valence-corrected chi connectivity index (χ1v) is 5.72. The number of nitrogens with one attached hydrogen (secondary N) is 1. The third-order valence-corrected chi connectivity index (χ3v) is 3.44. The van der Waals surface area contributed by atoms with Crippen molar-refractivity contribution < 1.29 is 4.79 Å². The van der Waals surface area contributed by atoms with E-state index in [-0.39, 0.29) is 11.9 Å². The van der Waals surface area contributed by atoms with Crippen molar-refractivity contribution in [1.29, 1.82) is 0 Å². The molecule has 5 heteroatoms. The number of carbonyl (C=O) groups is 1. The molecule has 0 spiro atoms. The van der Waals surface area contributed by atoms with E-state index >= 15 is 0 Å². The number of likely N-dealkylation sites (N-methyl/N-ethyl adjacent to an activating group) is 1. The number of nitrogens with two attached hydrogens (primary N) is 1. The fraction of sp³-hybridized carbons (Fsp3) is 0.800. The second kappa shape index (κ2) is 5.42. The molecule has 1 amide bonds. The summed E-state index contributed by atoms with van der Waals surface area (Å²) in [6.07, 6.45) is 1.94. The predicted molar refractivity (Wildman–Crippen MR) is 64.6 cm³/mol. The van der Waals surface area contributed by atoms with Crippen LogP contribution in [0.3, 0.4) is 0 Å². The van der Waals surface area contributed by atoms with Crippen LogP contribution in [-0.2, 0) is 4.79 Å². The van der Waals surface area contributed by atoms with E-state index in [9.17, 15) is 4.79 Å². The van der Waals surface area contributed by atoms with Gasteiger partial charge in [-0.3, -0.25) is 9.69 Å². The van der Waals surface area contributed by atoms with E-state index in [2.05, 4.69) is 10.2 Å². The van der Waals surface area contributed by atoms with E-state index in [1.54, 1.807) is 7.05 Å². The number of rotatable bonds is 3. The third kappa shape index (κ3) is 3.14. The lowest BCUT2D eigenvalue weighted by Gasteiger charge is -2.34. The summed E-state index contributed by atoms with van der Waals surface area (Å²) in [5.74, 6) is 0.428. The SMILES string of the molecule is CNC(=O)C(C)N1CCC(C(N)=S)CC1. The minimum absolute atomic E-state index is 0.0534. The van der Waals surface area contributed by atoms with E-state index in [0.717, 1.165) is 25.9 Å². The zero-order valence-electron chi connectivity index (χ0n) is 9.32. The van der Waals surface area contributed by atoms with Gasteiger partial charge in [-0.15, -0.1) is 0 Å². The maximum atomic E-state index is 11.4. The Morgan fingerprint density at radius 2 is 2.07 bits per heavy atom. The maximum absolute atomic E-state index is 11.4. The maximum Gasteiger partial charge on any atom is 0.236 e. The quantitative estimate of drug-likeness (QED) is 0.675. The molecular formula is C10H19N3OS. The molecule has 0 aromatic rings. The molecule has 1 rings (SSSR count). The summed E-state index contributed by atoms with van der Waals surface area (Å²) in [6.45, 7) is 3.73. The number of hydrogen-bond acceptors (Lipinski definition) is 3. The molecule has 1 saturated heterocycles. The van der Waals surface area contributed by atoms with Crippen LogP contribution in [0.4, 0.5) is 0 Å². The van der Waals surface area contributed by atoms with Gasteiger partial charge >= 0.3 is 0 Å². The molecule has 0 bridgehead atoms. The van der Waals surface area contributed by atoms with Crippen LogP contribution in [0.5, 0.6) is 0 Å². The van der Waals surface area contributed by atoms with Gasteiger partial charge in [0.15, 0.2) is 0 Å². The standard InChI is InChI=1S/C10H19N3OS/c1-7(10(14)12-2)13-5-3-8(4-6-13)9(11)15/h7-8H,3-6H2,1-2H3,(H2,11,15)(H,12,14). The van der Waals surface area contributed by atoms with Gasteiger partial charge in [-0.25, -0.2) is 0 Å². The fourth-order valence-corrected chi connectivity index (χ4v) is 2.18. The topological polar surface area (TPSA) is 58.4 Å². The first-order chi connectivity index (χ1) is 7.06. The van der Waals surface area contributed by atoms with Gasteiger partial charge in [0, 0.05) is 13.0 Å². The third-order valence-electron chi connectivity index (χ3n) is 3.11. The lowest BCUT2D eigenvalue weighted by atomic mass is 9.96. The minimum Gasteiger partial charge on any atom is -0.393 e. The Kier molecular flexibility index (Phi) is 4.47. The van der Waals surface area contributed by atoms with Crippen molar-refractivity contribution in [3.8, 4) is 0 Å². The lowest BCUT2D eigenvalue weighted by Crippen LogP contribution is -2.48. The van der Waals surface area contributed by atoms with Crippen molar-refractivity contribution >= 4 is 23.1 Å². The minimum atomic E-state index is -0.0534. The number of likely N-dealkylation sites (tertiary alicyclic amines) is 1. The predicted octanol–water partition coefficient (Wildman–Crippen LogP) is 0.119. The van der Waals surface area contributed by atoms with Gasteiger partial charge in [0.05, 0.1) is 11.0 Å². The van der Waals surface area contributed by atoms with E-state index < -0.39 is 0 Å². The summed E-state index contributed by atoms with van der Waals surface area (Å²) in [5, 5.41) is 2.66. The van der Waals surface area contributed by atoms with Crippen molar-refractivity contribution in [2.24, 2.45) is 11.7 Å². The Morgan fingerprint density at radius 1 is 1.53 bits per heavy atom. The molecule has 1 fully saturated rings. The van der Waals surface area contributed by atoms with Crippen molar-refractivity contribution in [2.45, 2.75) is 25.8 Å². The number of amides is 1. The van der Waals surface area contributed by atoms with Crippen molar-refractivity contribution in [1.82, 2.24) is 10.2 Å². The molecule has 0 aromatic carbocycles. The number of hydrogen-bond donors (Lipinski definition) is 2. The molecule has 1 aliphatic rings. The van der Waals surface area contributed by atoms with Crippen molar-refractivity contribution in [2.75, 3.05) is 20.1 Å². The monoisotopic (exact) mass is 229 g/mol. The van der Waals surface area contributed by atoms with Gasteiger partial charge in [0.1, 0.15) is 0 Å². The molecule has 86 valence electrons. The van der Waals surface area contributed by atoms with E-state index in [4.69, 9.17) is 18.0 Å². The molecule has 3 N–H and O–H groups in total. The molecule has 1 atom stereocenters. The Bertz CT molecular complexity index is 249. The molecule has 1 aliphatic heterocycles. The molecule has 1 heterocycles. The van der Waals surface area contributed by atoms with Crippen LogP contribution in [0.1, 0.15) is 19.8 Å². The summed E-state index contributed by atoms with van der Waals surface area (Å²) >= 11 is 4.97. The van der Waals surface area contributed by atoms with Crippen LogP contribution in [0.15, 0.2) is 0 Å².